The monoisotopic (exact) mass is 214 g/mol. The summed E-state index contributed by atoms with van der Waals surface area (Å²) in [5.74, 6) is -0.754. The predicted octanol–water partition coefficient (Wildman–Crippen LogP) is -0.0809. The number of hydrogen-bond acceptors (Lipinski definition) is 3. The second kappa shape index (κ2) is 4.61. The molecule has 0 aromatic rings. The molecule has 86 valence electrons. The summed E-state index contributed by atoms with van der Waals surface area (Å²) in [6.07, 6.45) is 1.22. The molecule has 0 atom stereocenters. The Hall–Kier alpha value is -1.10. The first-order valence-electron chi connectivity index (χ1n) is 5.14. The number of likely N-dealkylation sites (tertiary alicyclic amines) is 1. The normalized spacial score (nSPS) is 20.9. The molecule has 0 aromatic carbocycles. The van der Waals surface area contributed by atoms with Crippen LogP contribution in [0.1, 0.15) is 19.8 Å². The van der Waals surface area contributed by atoms with Gasteiger partial charge in [0.2, 0.25) is 5.91 Å². The number of carbonyl (C=O) groups excluding carboxylic acids is 1. The smallest absolute Gasteiger partial charge is 0.309 e. The first-order valence-corrected chi connectivity index (χ1v) is 5.14. The molecule has 0 unspecified atom stereocenters. The van der Waals surface area contributed by atoms with E-state index in [9.17, 15) is 9.59 Å². The first-order chi connectivity index (χ1) is 6.98. The molecule has 1 amide bonds. The highest BCUT2D eigenvalue weighted by Gasteiger charge is 2.36. The van der Waals surface area contributed by atoms with Crippen molar-refractivity contribution in [2.75, 3.05) is 26.7 Å². The Morgan fingerprint density at radius 1 is 1.40 bits per heavy atom. The summed E-state index contributed by atoms with van der Waals surface area (Å²) in [5.41, 5.74) is -0.612. The van der Waals surface area contributed by atoms with Crippen molar-refractivity contribution in [1.29, 1.82) is 0 Å². The standard InChI is InChI=1S/C10H18N2O3/c1-10(9(14)15)3-5-12(6-4-10)7-8(13)11-2/h3-7H2,1-2H3,(H,11,13)(H,14,15). The lowest BCUT2D eigenvalue weighted by Crippen LogP contribution is -2.45. The van der Waals surface area contributed by atoms with Crippen LogP contribution in [0.4, 0.5) is 0 Å². The third-order valence-corrected chi connectivity index (χ3v) is 3.12. The zero-order valence-electron chi connectivity index (χ0n) is 9.25. The molecule has 1 aliphatic rings. The molecule has 0 spiro atoms. The molecule has 0 radical (unpaired) electrons. The number of carboxylic acids is 1. The average Bonchev–Trinajstić information content (AvgIpc) is 2.21. The van der Waals surface area contributed by atoms with E-state index in [-0.39, 0.29) is 5.91 Å². The second-order valence-electron chi connectivity index (χ2n) is 4.32. The Labute approximate surface area is 89.4 Å². The van der Waals surface area contributed by atoms with Crippen LogP contribution in [0.15, 0.2) is 0 Å². The van der Waals surface area contributed by atoms with Gasteiger partial charge in [-0.05, 0) is 32.9 Å². The number of amides is 1. The summed E-state index contributed by atoms with van der Waals surface area (Å²) in [6, 6.07) is 0. The van der Waals surface area contributed by atoms with E-state index in [1.165, 1.54) is 0 Å². The Morgan fingerprint density at radius 2 is 1.93 bits per heavy atom. The van der Waals surface area contributed by atoms with Crippen LogP contribution in [0.5, 0.6) is 0 Å². The van der Waals surface area contributed by atoms with Crippen molar-refractivity contribution >= 4 is 11.9 Å². The second-order valence-corrected chi connectivity index (χ2v) is 4.32. The summed E-state index contributed by atoms with van der Waals surface area (Å²) in [4.78, 5) is 24.1. The lowest BCUT2D eigenvalue weighted by molar-refractivity contribution is -0.150. The van der Waals surface area contributed by atoms with E-state index in [0.717, 1.165) is 0 Å². The highest BCUT2D eigenvalue weighted by molar-refractivity contribution is 5.78. The molecule has 0 saturated carbocycles. The lowest BCUT2D eigenvalue weighted by Gasteiger charge is -2.35. The third kappa shape index (κ3) is 2.92. The van der Waals surface area contributed by atoms with E-state index in [4.69, 9.17) is 5.11 Å². The number of carboxylic acid groups (broad SMARTS) is 1. The summed E-state index contributed by atoms with van der Waals surface area (Å²) in [5, 5.41) is 11.6. The van der Waals surface area contributed by atoms with Crippen LogP contribution in [-0.4, -0.2) is 48.6 Å². The fraction of sp³-hybridized carbons (Fsp3) is 0.800. The van der Waals surface area contributed by atoms with Crippen molar-refractivity contribution < 1.29 is 14.7 Å². The number of nitrogens with zero attached hydrogens (tertiary/aromatic N) is 1. The number of likely N-dealkylation sites (N-methyl/N-ethyl adjacent to an activating group) is 1. The quantitative estimate of drug-likeness (QED) is 0.689. The van der Waals surface area contributed by atoms with Crippen LogP contribution >= 0.6 is 0 Å². The Bertz CT molecular complexity index is 257. The molecule has 1 saturated heterocycles. The first kappa shape index (κ1) is 12.0. The summed E-state index contributed by atoms with van der Waals surface area (Å²) in [7, 11) is 1.60. The number of nitrogens with one attached hydrogen (secondary N) is 1. The number of carbonyl (C=O) groups is 2. The molecular weight excluding hydrogens is 196 g/mol. The lowest BCUT2D eigenvalue weighted by atomic mass is 9.80. The molecule has 0 bridgehead atoms. The van der Waals surface area contributed by atoms with E-state index < -0.39 is 11.4 Å². The highest BCUT2D eigenvalue weighted by atomic mass is 16.4. The van der Waals surface area contributed by atoms with E-state index in [1.807, 2.05) is 4.90 Å². The Kier molecular flexibility index (Phi) is 3.68. The van der Waals surface area contributed by atoms with E-state index in [0.29, 0.717) is 32.5 Å². The molecule has 1 rings (SSSR count). The van der Waals surface area contributed by atoms with Gasteiger partial charge >= 0.3 is 5.97 Å². The van der Waals surface area contributed by atoms with Crippen molar-refractivity contribution in [1.82, 2.24) is 10.2 Å². The van der Waals surface area contributed by atoms with Crippen molar-refractivity contribution in [3.63, 3.8) is 0 Å². The van der Waals surface area contributed by atoms with Gasteiger partial charge in [0.15, 0.2) is 0 Å². The highest BCUT2D eigenvalue weighted by Crippen LogP contribution is 2.30. The minimum Gasteiger partial charge on any atom is -0.481 e. The maximum absolute atomic E-state index is 11.1. The summed E-state index contributed by atoms with van der Waals surface area (Å²) in [6.45, 7) is 3.49. The molecule has 15 heavy (non-hydrogen) atoms. The average molecular weight is 214 g/mol. The zero-order valence-corrected chi connectivity index (χ0v) is 9.25. The molecule has 1 heterocycles. The van der Waals surface area contributed by atoms with Crippen LogP contribution in [0.2, 0.25) is 0 Å². The van der Waals surface area contributed by atoms with Crippen LogP contribution < -0.4 is 5.32 Å². The number of aliphatic carboxylic acids is 1. The Balaban J connectivity index is 2.42. The van der Waals surface area contributed by atoms with Crippen LogP contribution in [0, 0.1) is 5.41 Å². The van der Waals surface area contributed by atoms with Crippen molar-refractivity contribution in [2.24, 2.45) is 5.41 Å². The van der Waals surface area contributed by atoms with Gasteiger partial charge in [-0.25, -0.2) is 0 Å². The zero-order chi connectivity index (χ0) is 11.5. The molecule has 5 heteroatoms. The van der Waals surface area contributed by atoms with Gasteiger partial charge in [0.25, 0.3) is 0 Å². The summed E-state index contributed by atoms with van der Waals surface area (Å²) >= 11 is 0. The van der Waals surface area contributed by atoms with Crippen LogP contribution in [0.3, 0.4) is 0 Å². The SMILES string of the molecule is CNC(=O)CN1CCC(C)(C(=O)O)CC1. The molecule has 1 aliphatic heterocycles. The topological polar surface area (TPSA) is 69.6 Å². The fourth-order valence-electron chi connectivity index (χ4n) is 1.70. The van der Waals surface area contributed by atoms with Gasteiger partial charge in [0.1, 0.15) is 0 Å². The van der Waals surface area contributed by atoms with Crippen molar-refractivity contribution in [3.05, 3.63) is 0 Å². The maximum Gasteiger partial charge on any atom is 0.309 e. The van der Waals surface area contributed by atoms with Gasteiger partial charge < -0.3 is 10.4 Å². The maximum atomic E-state index is 11.1. The predicted molar refractivity (Wildman–Crippen MR) is 55.5 cm³/mol. The minimum absolute atomic E-state index is 0.0195. The molecular formula is C10H18N2O3. The largest absolute Gasteiger partial charge is 0.481 e. The molecule has 5 nitrogen and oxygen atoms in total. The van der Waals surface area contributed by atoms with Gasteiger partial charge in [-0.3, -0.25) is 14.5 Å². The molecule has 0 aromatic heterocycles. The molecule has 2 N–H and O–H groups in total. The number of rotatable bonds is 3. The summed E-state index contributed by atoms with van der Waals surface area (Å²) < 4.78 is 0. The van der Waals surface area contributed by atoms with E-state index >= 15 is 0 Å². The van der Waals surface area contributed by atoms with Crippen LogP contribution in [0.25, 0.3) is 0 Å². The Morgan fingerprint density at radius 3 is 2.33 bits per heavy atom. The molecule has 1 fully saturated rings. The van der Waals surface area contributed by atoms with Crippen molar-refractivity contribution in [2.45, 2.75) is 19.8 Å². The van der Waals surface area contributed by atoms with Gasteiger partial charge in [-0.1, -0.05) is 0 Å². The van der Waals surface area contributed by atoms with E-state index in [2.05, 4.69) is 5.32 Å². The molecule has 0 aliphatic carbocycles. The number of hydrogen-bond donors (Lipinski definition) is 2. The van der Waals surface area contributed by atoms with Crippen LogP contribution in [-0.2, 0) is 9.59 Å². The van der Waals surface area contributed by atoms with Gasteiger partial charge in [0.05, 0.1) is 12.0 Å². The number of piperidine rings is 1. The van der Waals surface area contributed by atoms with Gasteiger partial charge in [-0.15, -0.1) is 0 Å². The minimum atomic E-state index is -0.734. The third-order valence-electron chi connectivity index (χ3n) is 3.12. The fourth-order valence-corrected chi connectivity index (χ4v) is 1.70. The van der Waals surface area contributed by atoms with Gasteiger partial charge in [-0.2, -0.15) is 0 Å². The van der Waals surface area contributed by atoms with E-state index in [1.54, 1.807) is 14.0 Å². The van der Waals surface area contributed by atoms with Gasteiger partial charge in [0, 0.05) is 7.05 Å². The van der Waals surface area contributed by atoms with Crippen molar-refractivity contribution in [3.8, 4) is 0 Å².